The summed E-state index contributed by atoms with van der Waals surface area (Å²) in [5, 5.41) is 20.4. The van der Waals surface area contributed by atoms with Gasteiger partial charge in [0.1, 0.15) is 0 Å². The van der Waals surface area contributed by atoms with Crippen LogP contribution in [0.3, 0.4) is 0 Å². The van der Waals surface area contributed by atoms with Crippen molar-refractivity contribution in [3.8, 4) is 6.07 Å². The molecule has 0 amide bonds. The van der Waals surface area contributed by atoms with Crippen molar-refractivity contribution in [1.82, 2.24) is 14.9 Å². The van der Waals surface area contributed by atoms with E-state index in [0.29, 0.717) is 22.2 Å². The van der Waals surface area contributed by atoms with Crippen molar-refractivity contribution in [2.24, 2.45) is 0 Å². The predicted molar refractivity (Wildman–Crippen MR) is 120 cm³/mol. The Balaban J connectivity index is 1.79. The van der Waals surface area contributed by atoms with E-state index in [1.165, 1.54) is 0 Å². The fraction of sp³-hybridized carbons (Fsp3) is 0.292. The summed E-state index contributed by atoms with van der Waals surface area (Å²) in [5.74, 6) is 0. The number of rotatable bonds is 5. The molecule has 2 aromatic heterocycles. The molecular formula is C24H22Cl2N4O. The summed E-state index contributed by atoms with van der Waals surface area (Å²) in [6.45, 7) is 0.416. The average molecular weight is 453 g/mol. The third kappa shape index (κ3) is 4.58. The quantitative estimate of drug-likeness (QED) is 0.543. The van der Waals surface area contributed by atoms with Crippen molar-refractivity contribution in [3.05, 3.63) is 93.0 Å². The molecule has 0 radical (unpaired) electrons. The molecule has 0 bridgehead atoms. The van der Waals surface area contributed by atoms with Crippen molar-refractivity contribution in [2.45, 2.75) is 44.5 Å². The Hall–Kier alpha value is -2.49. The van der Waals surface area contributed by atoms with Crippen LogP contribution in [0.5, 0.6) is 0 Å². The number of halogens is 2. The first-order chi connectivity index (χ1) is 15.1. The monoisotopic (exact) mass is 452 g/mol. The Morgan fingerprint density at radius 1 is 0.968 bits per heavy atom. The molecule has 5 nitrogen and oxygen atoms in total. The van der Waals surface area contributed by atoms with Gasteiger partial charge in [-0.25, -0.2) is 0 Å². The van der Waals surface area contributed by atoms with Crippen molar-refractivity contribution >= 4 is 23.2 Å². The number of aromatic nitrogens is 2. The first kappa shape index (κ1) is 21.7. The number of pyridine rings is 2. The normalized spacial score (nSPS) is 19.2. The van der Waals surface area contributed by atoms with Crippen LogP contribution in [0, 0.1) is 11.3 Å². The molecule has 3 aromatic rings. The standard InChI is InChI=1S/C24H22Cl2N4O/c25-19-4-2-10-28-23(19)21-6-1-7-22(24-20(26)5-3-11-29-24)30(21)14-17-9-8-16(13-27)12-18(17)15-31/h2-5,8-12,21-22,31H,1,6-7,14-15H2. The van der Waals surface area contributed by atoms with Gasteiger partial charge in [0.05, 0.1) is 51.8 Å². The van der Waals surface area contributed by atoms with Gasteiger partial charge in [-0.05, 0) is 66.8 Å². The first-order valence-corrected chi connectivity index (χ1v) is 11.0. The highest BCUT2D eigenvalue weighted by atomic mass is 35.5. The maximum Gasteiger partial charge on any atom is 0.0991 e. The molecule has 31 heavy (non-hydrogen) atoms. The van der Waals surface area contributed by atoms with Crippen molar-refractivity contribution in [2.75, 3.05) is 0 Å². The number of nitriles is 1. The second-order valence-corrected chi connectivity index (χ2v) is 8.44. The average Bonchev–Trinajstić information content (AvgIpc) is 2.80. The zero-order valence-corrected chi connectivity index (χ0v) is 18.4. The molecule has 4 rings (SSSR count). The Labute approximate surface area is 191 Å². The summed E-state index contributed by atoms with van der Waals surface area (Å²) in [4.78, 5) is 11.5. The highest BCUT2D eigenvalue weighted by Gasteiger charge is 2.36. The molecule has 1 fully saturated rings. The zero-order valence-electron chi connectivity index (χ0n) is 16.9. The van der Waals surface area contributed by atoms with E-state index in [0.717, 1.165) is 41.8 Å². The smallest absolute Gasteiger partial charge is 0.0991 e. The molecule has 1 aliphatic rings. The maximum absolute atomic E-state index is 9.93. The lowest BCUT2D eigenvalue weighted by Gasteiger charge is -2.42. The van der Waals surface area contributed by atoms with Gasteiger partial charge in [-0.1, -0.05) is 29.3 Å². The fourth-order valence-corrected chi connectivity index (χ4v) is 4.84. The number of aliphatic hydroxyl groups excluding tert-OH is 1. The lowest BCUT2D eigenvalue weighted by atomic mass is 9.90. The van der Waals surface area contributed by atoms with E-state index in [1.54, 1.807) is 24.5 Å². The second-order valence-electron chi connectivity index (χ2n) is 7.63. The summed E-state index contributed by atoms with van der Waals surface area (Å²) in [7, 11) is 0. The Morgan fingerprint density at radius 3 is 2.10 bits per heavy atom. The van der Waals surface area contributed by atoms with Crippen LogP contribution < -0.4 is 0 Å². The van der Waals surface area contributed by atoms with Crippen LogP contribution in [-0.4, -0.2) is 20.0 Å². The van der Waals surface area contributed by atoms with E-state index in [4.69, 9.17) is 23.2 Å². The van der Waals surface area contributed by atoms with Gasteiger partial charge in [0.15, 0.2) is 0 Å². The third-order valence-electron chi connectivity index (χ3n) is 5.82. The van der Waals surface area contributed by atoms with E-state index in [1.807, 2.05) is 30.3 Å². The highest BCUT2D eigenvalue weighted by molar-refractivity contribution is 6.31. The number of likely N-dealkylation sites (tertiary alicyclic amines) is 1. The van der Waals surface area contributed by atoms with Gasteiger partial charge in [0, 0.05) is 18.9 Å². The minimum Gasteiger partial charge on any atom is -0.392 e. The second kappa shape index (κ2) is 9.76. The minimum absolute atomic E-state index is 0.0206. The molecule has 1 saturated heterocycles. The Bertz CT molecular complexity index is 1060. The molecule has 0 saturated carbocycles. The zero-order chi connectivity index (χ0) is 21.8. The van der Waals surface area contributed by atoms with E-state index < -0.39 is 0 Å². The van der Waals surface area contributed by atoms with Gasteiger partial charge >= 0.3 is 0 Å². The summed E-state index contributed by atoms with van der Waals surface area (Å²) in [6, 6.07) is 14.9. The van der Waals surface area contributed by atoms with Crippen LogP contribution in [0.1, 0.15) is 59.4 Å². The molecule has 1 aliphatic heterocycles. The van der Waals surface area contributed by atoms with Gasteiger partial charge in [0.25, 0.3) is 0 Å². The number of piperidine rings is 1. The van der Waals surface area contributed by atoms with Gasteiger partial charge < -0.3 is 5.11 Å². The topological polar surface area (TPSA) is 73.0 Å². The van der Waals surface area contributed by atoms with E-state index in [2.05, 4.69) is 20.9 Å². The van der Waals surface area contributed by atoms with Crippen LogP contribution in [0.4, 0.5) is 0 Å². The van der Waals surface area contributed by atoms with Gasteiger partial charge in [-0.15, -0.1) is 0 Å². The summed E-state index contributed by atoms with van der Waals surface area (Å²) in [6.07, 6.45) is 6.33. The molecule has 1 aromatic carbocycles. The summed E-state index contributed by atoms with van der Waals surface area (Å²) >= 11 is 13.1. The van der Waals surface area contributed by atoms with Gasteiger partial charge in [0.2, 0.25) is 0 Å². The van der Waals surface area contributed by atoms with Gasteiger partial charge in [-0.3, -0.25) is 14.9 Å². The molecule has 3 heterocycles. The fourth-order valence-electron chi connectivity index (χ4n) is 4.34. The first-order valence-electron chi connectivity index (χ1n) is 10.2. The SMILES string of the molecule is N#Cc1ccc(CN2C(c3ncccc3Cl)CCCC2c2ncccc2Cl)c(CO)c1. The molecule has 1 N–H and O–H groups in total. The minimum atomic E-state index is -0.136. The number of nitrogens with zero attached hydrogens (tertiary/aromatic N) is 4. The predicted octanol–water partition coefficient (Wildman–Crippen LogP) is 5.62. The number of hydrogen-bond donors (Lipinski definition) is 1. The molecular weight excluding hydrogens is 431 g/mol. The Kier molecular flexibility index (Phi) is 6.84. The largest absolute Gasteiger partial charge is 0.392 e. The van der Waals surface area contributed by atoms with Crippen molar-refractivity contribution in [3.63, 3.8) is 0 Å². The lowest BCUT2D eigenvalue weighted by molar-refractivity contribution is 0.0680. The van der Waals surface area contributed by atoms with Crippen molar-refractivity contribution < 1.29 is 5.11 Å². The van der Waals surface area contributed by atoms with E-state index in [9.17, 15) is 10.4 Å². The molecule has 0 aliphatic carbocycles. The maximum atomic E-state index is 9.93. The van der Waals surface area contributed by atoms with Crippen LogP contribution >= 0.6 is 23.2 Å². The van der Waals surface area contributed by atoms with Gasteiger partial charge in [-0.2, -0.15) is 5.26 Å². The lowest BCUT2D eigenvalue weighted by Crippen LogP contribution is -2.37. The summed E-state index contributed by atoms with van der Waals surface area (Å²) in [5.41, 5.74) is 3.89. The molecule has 2 unspecified atom stereocenters. The van der Waals surface area contributed by atoms with Crippen LogP contribution in [0.25, 0.3) is 0 Å². The molecule has 2 atom stereocenters. The number of benzene rings is 1. The molecule has 7 heteroatoms. The van der Waals surface area contributed by atoms with Crippen LogP contribution in [-0.2, 0) is 13.2 Å². The van der Waals surface area contributed by atoms with Crippen LogP contribution in [0.15, 0.2) is 54.9 Å². The molecule has 158 valence electrons. The third-order valence-corrected chi connectivity index (χ3v) is 6.46. The van der Waals surface area contributed by atoms with E-state index >= 15 is 0 Å². The van der Waals surface area contributed by atoms with E-state index in [-0.39, 0.29) is 18.7 Å². The molecule has 0 spiro atoms. The Morgan fingerprint density at radius 2 is 1.58 bits per heavy atom. The highest BCUT2D eigenvalue weighted by Crippen LogP contribution is 2.44. The van der Waals surface area contributed by atoms with Crippen LogP contribution in [0.2, 0.25) is 10.0 Å². The van der Waals surface area contributed by atoms with Crippen molar-refractivity contribution in [1.29, 1.82) is 5.26 Å². The number of hydrogen-bond acceptors (Lipinski definition) is 5. The summed E-state index contributed by atoms with van der Waals surface area (Å²) < 4.78 is 0. The number of aliphatic hydroxyl groups is 1.